The Hall–Kier alpha value is -3.85. The topological polar surface area (TPSA) is 96.0 Å². The highest BCUT2D eigenvalue weighted by atomic mass is 32.2. The van der Waals surface area contributed by atoms with Gasteiger partial charge in [0, 0.05) is 13.1 Å². The Morgan fingerprint density at radius 2 is 1.59 bits per heavy atom. The lowest BCUT2D eigenvalue weighted by molar-refractivity contribution is -0.138. The molecule has 0 spiro atoms. The van der Waals surface area contributed by atoms with Crippen molar-refractivity contribution in [2.75, 3.05) is 31.0 Å². The standard InChI is InChI=1S/C30H37N3O5S/c1-6-31-30(35)24(4)32(19-18-25-10-8-7-9-11-25)29(34)21-33(27-20-23(3)14-17-28(27)38-5)39(36,37)26-15-12-22(2)13-16-26/h7-17,20,24H,6,18-19,21H2,1-5H3,(H,31,35). The number of ether oxygens (including phenoxy) is 1. The number of nitrogens with zero attached hydrogens (tertiary/aromatic N) is 2. The summed E-state index contributed by atoms with van der Waals surface area (Å²) in [5, 5.41) is 2.77. The first-order valence-electron chi connectivity index (χ1n) is 12.9. The average Bonchev–Trinajstić information content (AvgIpc) is 2.92. The number of nitrogens with one attached hydrogen (secondary N) is 1. The van der Waals surface area contributed by atoms with E-state index in [9.17, 15) is 18.0 Å². The van der Waals surface area contributed by atoms with Crippen LogP contribution in [0.2, 0.25) is 0 Å². The number of likely N-dealkylation sites (N-methyl/N-ethyl adjacent to an activating group) is 1. The van der Waals surface area contributed by atoms with Crippen molar-refractivity contribution in [2.24, 2.45) is 0 Å². The highest BCUT2D eigenvalue weighted by Crippen LogP contribution is 2.33. The molecule has 0 radical (unpaired) electrons. The molecule has 3 rings (SSSR count). The summed E-state index contributed by atoms with van der Waals surface area (Å²) < 4.78 is 34.6. The molecule has 8 nitrogen and oxygen atoms in total. The third kappa shape index (κ3) is 7.38. The lowest BCUT2D eigenvalue weighted by atomic mass is 10.1. The van der Waals surface area contributed by atoms with Crippen molar-refractivity contribution in [1.82, 2.24) is 10.2 Å². The highest BCUT2D eigenvalue weighted by molar-refractivity contribution is 7.92. The van der Waals surface area contributed by atoms with Gasteiger partial charge in [-0.05, 0) is 69.5 Å². The van der Waals surface area contributed by atoms with Gasteiger partial charge in [-0.3, -0.25) is 13.9 Å². The Kier molecular flexibility index (Phi) is 10.1. The molecule has 0 bridgehead atoms. The molecule has 3 aromatic carbocycles. The minimum Gasteiger partial charge on any atom is -0.495 e. The van der Waals surface area contributed by atoms with Gasteiger partial charge in [-0.1, -0.05) is 54.1 Å². The van der Waals surface area contributed by atoms with Crippen molar-refractivity contribution in [3.8, 4) is 5.75 Å². The van der Waals surface area contributed by atoms with Gasteiger partial charge < -0.3 is 15.0 Å². The first kappa shape index (κ1) is 29.7. The van der Waals surface area contributed by atoms with E-state index in [1.54, 1.807) is 38.1 Å². The molecule has 1 unspecified atom stereocenters. The summed E-state index contributed by atoms with van der Waals surface area (Å²) in [6.45, 7) is 7.32. The van der Waals surface area contributed by atoms with E-state index in [-0.39, 0.29) is 23.0 Å². The molecule has 0 aliphatic heterocycles. The number of anilines is 1. The summed E-state index contributed by atoms with van der Waals surface area (Å²) in [7, 11) is -2.71. The quantitative estimate of drug-likeness (QED) is 0.366. The molecule has 9 heteroatoms. The zero-order valence-corrected chi connectivity index (χ0v) is 24.0. The van der Waals surface area contributed by atoms with Gasteiger partial charge in [-0.25, -0.2) is 8.42 Å². The first-order valence-corrected chi connectivity index (χ1v) is 14.4. The van der Waals surface area contributed by atoms with Crippen molar-refractivity contribution < 1.29 is 22.7 Å². The Bertz CT molecular complexity index is 1380. The SMILES string of the molecule is CCNC(=O)C(C)N(CCc1ccccc1)C(=O)CN(c1cc(C)ccc1OC)S(=O)(=O)c1ccc(C)cc1. The zero-order valence-electron chi connectivity index (χ0n) is 23.2. The predicted octanol–water partition coefficient (Wildman–Crippen LogP) is 4.10. The van der Waals surface area contributed by atoms with Crippen LogP contribution in [-0.4, -0.2) is 57.9 Å². The molecule has 39 heavy (non-hydrogen) atoms. The van der Waals surface area contributed by atoms with E-state index in [0.29, 0.717) is 18.7 Å². The van der Waals surface area contributed by atoms with E-state index in [4.69, 9.17) is 4.74 Å². The normalized spacial score (nSPS) is 11.9. The van der Waals surface area contributed by atoms with Crippen LogP contribution in [0, 0.1) is 13.8 Å². The summed E-state index contributed by atoms with van der Waals surface area (Å²) in [6, 6.07) is 20.5. The number of sulfonamides is 1. The van der Waals surface area contributed by atoms with Crippen LogP contribution in [0.3, 0.4) is 0 Å². The van der Waals surface area contributed by atoms with Crippen LogP contribution in [-0.2, 0) is 26.0 Å². The third-order valence-corrected chi connectivity index (χ3v) is 8.27. The fourth-order valence-electron chi connectivity index (χ4n) is 4.24. The Morgan fingerprint density at radius 1 is 0.949 bits per heavy atom. The van der Waals surface area contributed by atoms with E-state index in [1.165, 1.54) is 24.1 Å². The van der Waals surface area contributed by atoms with Gasteiger partial charge in [0.2, 0.25) is 11.8 Å². The minimum absolute atomic E-state index is 0.0528. The van der Waals surface area contributed by atoms with Crippen LogP contribution in [0.1, 0.15) is 30.5 Å². The molecule has 0 aromatic heterocycles. The second-order valence-electron chi connectivity index (χ2n) is 9.39. The molecule has 3 aromatic rings. The molecular formula is C30H37N3O5S. The number of amides is 2. The predicted molar refractivity (Wildman–Crippen MR) is 153 cm³/mol. The lowest BCUT2D eigenvalue weighted by Gasteiger charge is -2.32. The lowest BCUT2D eigenvalue weighted by Crippen LogP contribution is -2.52. The van der Waals surface area contributed by atoms with E-state index in [0.717, 1.165) is 21.0 Å². The van der Waals surface area contributed by atoms with Crippen molar-refractivity contribution in [3.05, 3.63) is 89.5 Å². The number of hydrogen-bond acceptors (Lipinski definition) is 5. The molecule has 208 valence electrons. The maximum absolute atomic E-state index is 14.0. The third-order valence-electron chi connectivity index (χ3n) is 6.49. The summed E-state index contributed by atoms with van der Waals surface area (Å²) in [6.07, 6.45) is 0.509. The van der Waals surface area contributed by atoms with Crippen LogP contribution in [0.25, 0.3) is 0 Å². The van der Waals surface area contributed by atoms with Gasteiger partial charge in [0.25, 0.3) is 10.0 Å². The van der Waals surface area contributed by atoms with Gasteiger partial charge >= 0.3 is 0 Å². The fraction of sp³-hybridized carbons (Fsp3) is 0.333. The maximum atomic E-state index is 14.0. The number of rotatable bonds is 12. The van der Waals surface area contributed by atoms with Crippen LogP contribution in [0.5, 0.6) is 5.75 Å². The monoisotopic (exact) mass is 551 g/mol. The number of methoxy groups -OCH3 is 1. The molecular weight excluding hydrogens is 514 g/mol. The number of carbonyl (C=O) groups is 2. The second-order valence-corrected chi connectivity index (χ2v) is 11.3. The molecule has 0 aliphatic rings. The first-order chi connectivity index (χ1) is 18.6. The van der Waals surface area contributed by atoms with E-state index in [2.05, 4.69) is 5.32 Å². The minimum atomic E-state index is -4.17. The van der Waals surface area contributed by atoms with Crippen LogP contribution >= 0.6 is 0 Å². The largest absolute Gasteiger partial charge is 0.495 e. The van der Waals surface area contributed by atoms with E-state index in [1.807, 2.05) is 50.2 Å². The number of carbonyl (C=O) groups excluding carboxylic acids is 2. The molecule has 0 saturated carbocycles. The molecule has 0 heterocycles. The van der Waals surface area contributed by atoms with Crippen molar-refractivity contribution in [3.63, 3.8) is 0 Å². The smallest absolute Gasteiger partial charge is 0.264 e. The molecule has 0 saturated heterocycles. The Labute approximate surface area is 231 Å². The molecule has 0 aliphatic carbocycles. The molecule has 0 fully saturated rings. The van der Waals surface area contributed by atoms with Crippen LogP contribution < -0.4 is 14.4 Å². The van der Waals surface area contributed by atoms with E-state index < -0.39 is 28.5 Å². The highest BCUT2D eigenvalue weighted by Gasteiger charge is 2.33. The molecule has 1 atom stereocenters. The molecule has 1 N–H and O–H groups in total. The molecule has 2 amide bonds. The average molecular weight is 552 g/mol. The Balaban J connectivity index is 2.05. The van der Waals surface area contributed by atoms with E-state index >= 15 is 0 Å². The summed E-state index contributed by atoms with van der Waals surface area (Å²) in [5.74, 6) is -0.486. The van der Waals surface area contributed by atoms with Gasteiger partial charge in [-0.2, -0.15) is 0 Å². The number of benzene rings is 3. The van der Waals surface area contributed by atoms with Gasteiger partial charge in [0.15, 0.2) is 0 Å². The van der Waals surface area contributed by atoms with Gasteiger partial charge in [0.1, 0.15) is 18.3 Å². The van der Waals surface area contributed by atoms with Crippen LogP contribution in [0.4, 0.5) is 5.69 Å². The number of aryl methyl sites for hydroxylation is 2. The summed E-state index contributed by atoms with van der Waals surface area (Å²) >= 11 is 0. The van der Waals surface area contributed by atoms with Gasteiger partial charge in [0.05, 0.1) is 17.7 Å². The fourth-order valence-corrected chi connectivity index (χ4v) is 5.65. The zero-order chi connectivity index (χ0) is 28.6. The summed E-state index contributed by atoms with van der Waals surface area (Å²) in [4.78, 5) is 28.2. The van der Waals surface area contributed by atoms with Gasteiger partial charge in [-0.15, -0.1) is 0 Å². The number of hydrogen-bond donors (Lipinski definition) is 1. The van der Waals surface area contributed by atoms with Crippen molar-refractivity contribution in [1.29, 1.82) is 0 Å². The van der Waals surface area contributed by atoms with Crippen molar-refractivity contribution in [2.45, 2.75) is 45.1 Å². The second kappa shape index (κ2) is 13.3. The maximum Gasteiger partial charge on any atom is 0.264 e. The summed E-state index contributed by atoms with van der Waals surface area (Å²) in [5.41, 5.74) is 2.97. The van der Waals surface area contributed by atoms with Crippen LogP contribution in [0.15, 0.2) is 77.7 Å². The Morgan fingerprint density at radius 3 is 2.21 bits per heavy atom. The van der Waals surface area contributed by atoms with Crippen molar-refractivity contribution >= 4 is 27.5 Å².